The van der Waals surface area contributed by atoms with E-state index >= 15 is 0 Å². The standard InChI is InChI=1S/C38H47N7O5/c1-21(2)35(37(49)44-18-25(46)12-31(44)36(48)39-22(3)4)33-15-34(42-50-33)43-19-38(20-43)16-23(17-38)29-14-28-30(45(29)24-8-7-9-24)13-27(40-41-28)26-10-5-6-11-32(26)47/h5-6,10-11,13-15,21-25,31,35,46-47H,7-9,12,16-20H2,1-4H3,(H,39,48)/t25-,31+,35?/m1/s1. The number of anilines is 1. The average molecular weight is 682 g/mol. The number of hydrogen-bond donors (Lipinski definition) is 3. The van der Waals surface area contributed by atoms with E-state index in [1.807, 2.05) is 52.0 Å². The second kappa shape index (κ2) is 12.4. The number of β-amino-alcohol motifs (C(OH)–C–C–N with tert-alkyl or cyclic N) is 1. The molecule has 4 aromatic rings. The number of carbonyl (C=O) groups is 2. The molecule has 50 heavy (non-hydrogen) atoms. The van der Waals surface area contributed by atoms with Gasteiger partial charge in [0.15, 0.2) is 11.6 Å². The number of amides is 2. The highest BCUT2D eigenvalue weighted by Gasteiger charge is 2.54. The van der Waals surface area contributed by atoms with E-state index in [2.05, 4.69) is 42.3 Å². The van der Waals surface area contributed by atoms with Crippen LogP contribution in [0.3, 0.4) is 0 Å². The van der Waals surface area contributed by atoms with Crippen LogP contribution in [0.1, 0.15) is 95.6 Å². The molecule has 4 aliphatic rings. The van der Waals surface area contributed by atoms with Gasteiger partial charge in [0, 0.05) is 66.8 Å². The molecule has 0 bridgehead atoms. The molecule has 2 aliphatic carbocycles. The van der Waals surface area contributed by atoms with Crippen LogP contribution in [-0.2, 0) is 9.59 Å². The number of aliphatic hydroxyl groups is 1. The molecule has 3 atom stereocenters. The molecule has 1 unspecified atom stereocenters. The second-order valence-corrected chi connectivity index (χ2v) is 15.9. The Morgan fingerprint density at radius 1 is 1.04 bits per heavy atom. The Morgan fingerprint density at radius 2 is 1.80 bits per heavy atom. The number of aromatic hydroxyl groups is 1. The second-order valence-electron chi connectivity index (χ2n) is 15.9. The molecule has 3 N–H and O–H groups in total. The molecule has 2 amide bonds. The van der Waals surface area contributed by atoms with Crippen LogP contribution in [0.25, 0.3) is 22.3 Å². The summed E-state index contributed by atoms with van der Waals surface area (Å²) >= 11 is 0. The highest BCUT2D eigenvalue weighted by Crippen LogP contribution is 2.58. The summed E-state index contributed by atoms with van der Waals surface area (Å²) < 4.78 is 8.34. The SMILES string of the molecule is CC(C)NC(=O)[C@@H]1C[C@@H](O)CN1C(=O)C(c1cc(N2CC3(CC(c4cc5nnc(-c6ccccc6O)cc5n4C4CCC4)C3)C2)no1)C(C)C. The van der Waals surface area contributed by atoms with Crippen molar-refractivity contribution in [1.82, 2.24) is 30.1 Å². The van der Waals surface area contributed by atoms with Gasteiger partial charge >= 0.3 is 0 Å². The lowest BCUT2D eigenvalue weighted by molar-refractivity contribution is -0.141. The highest BCUT2D eigenvalue weighted by atomic mass is 16.5. The Balaban J connectivity index is 0.956. The number of fused-ring (bicyclic) bond motifs is 1. The third kappa shape index (κ3) is 5.61. The van der Waals surface area contributed by atoms with Crippen LogP contribution in [0, 0.1) is 11.3 Å². The van der Waals surface area contributed by atoms with Gasteiger partial charge in [-0.05, 0) is 76.1 Å². The fourth-order valence-electron chi connectivity index (χ4n) is 8.78. The number of phenols is 1. The van der Waals surface area contributed by atoms with Gasteiger partial charge in [0.25, 0.3) is 0 Å². The maximum absolute atomic E-state index is 13.9. The highest BCUT2D eigenvalue weighted by molar-refractivity contribution is 5.91. The van der Waals surface area contributed by atoms with E-state index in [0.717, 1.165) is 55.6 Å². The van der Waals surface area contributed by atoms with Gasteiger partial charge in [0.2, 0.25) is 11.8 Å². The van der Waals surface area contributed by atoms with Crippen molar-refractivity contribution in [2.45, 2.75) is 102 Å². The summed E-state index contributed by atoms with van der Waals surface area (Å²) in [5, 5.41) is 37.3. The van der Waals surface area contributed by atoms with Crippen molar-refractivity contribution in [2.24, 2.45) is 11.3 Å². The van der Waals surface area contributed by atoms with Gasteiger partial charge in [-0.15, -0.1) is 10.2 Å². The van der Waals surface area contributed by atoms with E-state index in [0.29, 0.717) is 29.0 Å². The fraction of sp³-hybridized carbons (Fsp3) is 0.553. The van der Waals surface area contributed by atoms with Gasteiger partial charge in [-0.2, -0.15) is 0 Å². The van der Waals surface area contributed by atoms with Gasteiger partial charge in [0.1, 0.15) is 23.2 Å². The molecule has 1 spiro atoms. The van der Waals surface area contributed by atoms with Gasteiger partial charge in [-0.25, -0.2) is 0 Å². The first-order chi connectivity index (χ1) is 24.0. The molecule has 3 aromatic heterocycles. The number of para-hydroxylation sites is 1. The first-order valence-electron chi connectivity index (χ1n) is 18.2. The Labute approximate surface area is 291 Å². The lowest BCUT2D eigenvalue weighted by Crippen LogP contribution is -2.62. The number of hydrogen-bond acceptors (Lipinski definition) is 9. The van der Waals surface area contributed by atoms with E-state index in [1.54, 1.807) is 6.07 Å². The summed E-state index contributed by atoms with van der Waals surface area (Å²) in [6.07, 6.45) is 5.21. The summed E-state index contributed by atoms with van der Waals surface area (Å²) in [7, 11) is 0. The number of rotatable bonds is 9. The summed E-state index contributed by atoms with van der Waals surface area (Å²) in [4.78, 5) is 30.6. The molecule has 4 fully saturated rings. The maximum Gasteiger partial charge on any atom is 0.243 e. The van der Waals surface area contributed by atoms with Crippen LogP contribution in [-0.4, -0.2) is 84.7 Å². The Kier molecular flexibility index (Phi) is 8.12. The van der Waals surface area contributed by atoms with E-state index in [4.69, 9.17) is 4.52 Å². The molecule has 2 saturated carbocycles. The smallest absolute Gasteiger partial charge is 0.243 e. The fourth-order valence-corrected chi connectivity index (χ4v) is 8.78. The number of nitrogens with one attached hydrogen (secondary N) is 1. The maximum atomic E-state index is 13.9. The predicted octanol–water partition coefficient (Wildman–Crippen LogP) is 5.13. The number of aliphatic hydroxyl groups excluding tert-OH is 1. The normalized spacial score (nSPS) is 22.6. The minimum atomic E-state index is -0.743. The van der Waals surface area contributed by atoms with Crippen LogP contribution in [0.4, 0.5) is 5.82 Å². The largest absolute Gasteiger partial charge is 0.507 e. The number of likely N-dealkylation sites (tertiary alicyclic amines) is 1. The molecule has 2 aliphatic heterocycles. The third-order valence-corrected chi connectivity index (χ3v) is 11.4. The number of carbonyl (C=O) groups excluding carboxylic acids is 2. The molecule has 1 aromatic carbocycles. The van der Waals surface area contributed by atoms with Crippen LogP contribution in [0.15, 0.2) is 47.0 Å². The molecule has 5 heterocycles. The van der Waals surface area contributed by atoms with E-state index in [9.17, 15) is 19.8 Å². The van der Waals surface area contributed by atoms with Crippen LogP contribution < -0.4 is 10.2 Å². The van der Waals surface area contributed by atoms with Gasteiger partial charge in [-0.1, -0.05) is 31.1 Å². The van der Waals surface area contributed by atoms with Crippen molar-refractivity contribution in [3.63, 3.8) is 0 Å². The number of benzene rings is 1. The van der Waals surface area contributed by atoms with Crippen LogP contribution in [0.5, 0.6) is 5.75 Å². The predicted molar refractivity (Wildman–Crippen MR) is 188 cm³/mol. The quantitative estimate of drug-likeness (QED) is 0.219. The first-order valence-corrected chi connectivity index (χ1v) is 18.2. The van der Waals surface area contributed by atoms with Gasteiger partial charge < -0.3 is 34.4 Å². The summed E-state index contributed by atoms with van der Waals surface area (Å²) in [5.41, 5.74) is 4.93. The van der Waals surface area contributed by atoms with Crippen molar-refractivity contribution in [3.8, 4) is 17.0 Å². The minimum Gasteiger partial charge on any atom is -0.507 e. The van der Waals surface area contributed by atoms with E-state index in [1.165, 1.54) is 17.0 Å². The zero-order valence-electron chi connectivity index (χ0n) is 29.2. The first kappa shape index (κ1) is 32.7. The molecule has 12 heteroatoms. The van der Waals surface area contributed by atoms with Crippen molar-refractivity contribution < 1.29 is 24.3 Å². The number of aromatic nitrogens is 4. The average Bonchev–Trinajstić information content (AvgIpc) is 3.73. The topological polar surface area (TPSA) is 150 Å². The third-order valence-electron chi connectivity index (χ3n) is 11.4. The zero-order valence-corrected chi connectivity index (χ0v) is 29.2. The monoisotopic (exact) mass is 681 g/mol. The molecular formula is C38H47N7O5. The Morgan fingerprint density at radius 3 is 2.48 bits per heavy atom. The lowest BCUT2D eigenvalue weighted by Gasteiger charge is -2.59. The number of nitrogens with zero attached hydrogens (tertiary/aromatic N) is 6. The van der Waals surface area contributed by atoms with Crippen molar-refractivity contribution >= 4 is 28.7 Å². The number of phenolic OH excluding ortho intramolecular Hbond substituents is 1. The summed E-state index contributed by atoms with van der Waals surface area (Å²) in [5.74, 6) is 0.708. The van der Waals surface area contributed by atoms with Gasteiger partial charge in [-0.3, -0.25) is 9.59 Å². The summed E-state index contributed by atoms with van der Waals surface area (Å²) in [6.45, 7) is 9.58. The van der Waals surface area contributed by atoms with E-state index < -0.39 is 18.1 Å². The van der Waals surface area contributed by atoms with Crippen LogP contribution in [0.2, 0.25) is 0 Å². The summed E-state index contributed by atoms with van der Waals surface area (Å²) in [6, 6.07) is 13.2. The van der Waals surface area contributed by atoms with E-state index in [-0.39, 0.29) is 47.9 Å². The van der Waals surface area contributed by atoms with Gasteiger partial charge in [0.05, 0.1) is 17.3 Å². The van der Waals surface area contributed by atoms with Crippen molar-refractivity contribution in [1.29, 1.82) is 0 Å². The lowest BCUT2D eigenvalue weighted by atomic mass is 9.57. The molecule has 264 valence electrons. The Hall–Kier alpha value is -4.45. The van der Waals surface area contributed by atoms with Crippen molar-refractivity contribution in [3.05, 3.63) is 53.9 Å². The molecule has 0 radical (unpaired) electrons. The zero-order chi connectivity index (χ0) is 34.9. The van der Waals surface area contributed by atoms with Crippen LogP contribution >= 0.6 is 0 Å². The molecular weight excluding hydrogens is 634 g/mol. The molecule has 8 rings (SSSR count). The molecule has 12 nitrogen and oxygen atoms in total. The molecule has 2 saturated heterocycles. The van der Waals surface area contributed by atoms with Crippen molar-refractivity contribution in [2.75, 3.05) is 24.5 Å². The minimum absolute atomic E-state index is 0.0628. The Bertz CT molecular complexity index is 1920.